The minimum absolute atomic E-state index is 0.0588. The van der Waals surface area contributed by atoms with Gasteiger partial charge in [0.15, 0.2) is 0 Å². The molecular formula is C8H13F2NOS. The Kier molecular flexibility index (Phi) is 3.96. The van der Waals surface area contributed by atoms with Gasteiger partial charge >= 0.3 is 6.43 Å². The lowest BCUT2D eigenvalue weighted by atomic mass is 10.2. The van der Waals surface area contributed by atoms with Crippen molar-refractivity contribution in [3.8, 4) is 0 Å². The van der Waals surface area contributed by atoms with Crippen molar-refractivity contribution in [2.45, 2.75) is 37.0 Å². The van der Waals surface area contributed by atoms with Gasteiger partial charge in [-0.2, -0.15) is 20.5 Å². The van der Waals surface area contributed by atoms with Crippen LogP contribution in [0.25, 0.3) is 0 Å². The fraction of sp³-hybridized carbons (Fsp3) is 0.875. The molecule has 0 aliphatic heterocycles. The summed E-state index contributed by atoms with van der Waals surface area (Å²) in [6.45, 7) is 0. The second-order valence-corrected chi connectivity index (χ2v) is 4.20. The van der Waals surface area contributed by atoms with E-state index < -0.39 is 12.3 Å². The van der Waals surface area contributed by atoms with Crippen LogP contribution in [-0.4, -0.2) is 29.9 Å². The third kappa shape index (κ3) is 2.83. The molecule has 5 heteroatoms. The minimum atomic E-state index is -2.89. The molecule has 2 atom stereocenters. The molecule has 1 N–H and O–H groups in total. The Hall–Kier alpha value is -0.320. The second-order valence-electron chi connectivity index (χ2n) is 3.12. The van der Waals surface area contributed by atoms with Gasteiger partial charge in [0.2, 0.25) is 0 Å². The number of thioether (sulfide) groups is 1. The van der Waals surface area contributed by atoms with Crippen molar-refractivity contribution in [1.29, 1.82) is 0 Å². The van der Waals surface area contributed by atoms with Crippen molar-refractivity contribution < 1.29 is 13.6 Å². The fourth-order valence-corrected chi connectivity index (χ4v) is 2.55. The van der Waals surface area contributed by atoms with Crippen LogP contribution in [0.15, 0.2) is 0 Å². The normalized spacial score (nSPS) is 28.0. The quantitative estimate of drug-likeness (QED) is 0.765. The molecule has 76 valence electrons. The summed E-state index contributed by atoms with van der Waals surface area (Å²) in [6.07, 6.45) is 1.90. The van der Waals surface area contributed by atoms with Crippen LogP contribution in [0.5, 0.6) is 0 Å². The van der Waals surface area contributed by atoms with Gasteiger partial charge in [-0.15, -0.1) is 0 Å². The molecule has 1 aliphatic carbocycles. The van der Waals surface area contributed by atoms with Gasteiger partial charge in [-0.25, -0.2) is 0 Å². The maximum atomic E-state index is 11.9. The van der Waals surface area contributed by atoms with Gasteiger partial charge in [-0.05, 0) is 19.1 Å². The van der Waals surface area contributed by atoms with Crippen molar-refractivity contribution in [2.75, 3.05) is 6.26 Å². The molecule has 1 amide bonds. The topological polar surface area (TPSA) is 29.1 Å². The van der Waals surface area contributed by atoms with Gasteiger partial charge < -0.3 is 5.32 Å². The summed E-state index contributed by atoms with van der Waals surface area (Å²) in [5.41, 5.74) is 0. The molecule has 0 spiro atoms. The summed E-state index contributed by atoms with van der Waals surface area (Å²) < 4.78 is 23.8. The molecule has 0 aromatic rings. The zero-order valence-electron chi connectivity index (χ0n) is 7.43. The number of carbonyl (C=O) groups excluding carboxylic acids is 1. The van der Waals surface area contributed by atoms with Crippen molar-refractivity contribution in [2.24, 2.45) is 0 Å². The molecule has 1 rings (SSSR count). The van der Waals surface area contributed by atoms with Gasteiger partial charge in [0.25, 0.3) is 5.91 Å². The molecule has 1 saturated carbocycles. The molecule has 2 unspecified atom stereocenters. The van der Waals surface area contributed by atoms with E-state index in [-0.39, 0.29) is 6.04 Å². The van der Waals surface area contributed by atoms with E-state index in [1.54, 1.807) is 11.8 Å². The van der Waals surface area contributed by atoms with Crippen LogP contribution < -0.4 is 5.32 Å². The predicted octanol–water partition coefficient (Wildman–Crippen LogP) is 1.65. The summed E-state index contributed by atoms with van der Waals surface area (Å²) in [7, 11) is 0. The lowest BCUT2D eigenvalue weighted by Gasteiger charge is -2.18. The molecule has 0 saturated heterocycles. The number of carbonyl (C=O) groups is 1. The number of nitrogens with one attached hydrogen (secondary N) is 1. The molecule has 0 aromatic carbocycles. The molecule has 1 aliphatic rings. The molecule has 0 aromatic heterocycles. The van der Waals surface area contributed by atoms with E-state index >= 15 is 0 Å². The SMILES string of the molecule is CSC1CCCC1NC(=O)C(F)F. The third-order valence-electron chi connectivity index (χ3n) is 2.28. The highest BCUT2D eigenvalue weighted by atomic mass is 32.2. The van der Waals surface area contributed by atoms with Crippen LogP contribution >= 0.6 is 11.8 Å². The van der Waals surface area contributed by atoms with Crippen molar-refractivity contribution in [3.63, 3.8) is 0 Å². The van der Waals surface area contributed by atoms with Crippen molar-refractivity contribution in [3.05, 3.63) is 0 Å². The Bertz CT molecular complexity index is 189. The molecule has 0 heterocycles. The van der Waals surface area contributed by atoms with Gasteiger partial charge in [0.05, 0.1) is 0 Å². The molecule has 13 heavy (non-hydrogen) atoms. The second kappa shape index (κ2) is 4.79. The summed E-state index contributed by atoms with van der Waals surface area (Å²) in [6, 6.07) is -0.0588. The third-order valence-corrected chi connectivity index (χ3v) is 3.45. The Morgan fingerprint density at radius 1 is 1.54 bits per heavy atom. The number of hydrogen-bond donors (Lipinski definition) is 1. The molecule has 0 radical (unpaired) electrons. The van der Waals surface area contributed by atoms with Crippen LogP contribution in [0.3, 0.4) is 0 Å². The lowest BCUT2D eigenvalue weighted by molar-refractivity contribution is -0.132. The van der Waals surface area contributed by atoms with E-state index in [1.165, 1.54) is 0 Å². The zero-order chi connectivity index (χ0) is 9.84. The minimum Gasteiger partial charge on any atom is -0.347 e. The summed E-state index contributed by atoms with van der Waals surface area (Å²) in [5.74, 6) is -1.13. The summed E-state index contributed by atoms with van der Waals surface area (Å²) in [5, 5.41) is 2.68. The lowest BCUT2D eigenvalue weighted by Crippen LogP contribution is -2.41. The highest BCUT2D eigenvalue weighted by Crippen LogP contribution is 2.28. The monoisotopic (exact) mass is 209 g/mol. The maximum Gasteiger partial charge on any atom is 0.315 e. The van der Waals surface area contributed by atoms with Crippen LogP contribution in [0.1, 0.15) is 19.3 Å². The van der Waals surface area contributed by atoms with Crippen LogP contribution in [-0.2, 0) is 4.79 Å². The molecule has 2 nitrogen and oxygen atoms in total. The predicted molar refractivity (Wildman–Crippen MR) is 49.1 cm³/mol. The largest absolute Gasteiger partial charge is 0.347 e. The van der Waals surface area contributed by atoms with Crippen molar-refractivity contribution in [1.82, 2.24) is 5.32 Å². The average Bonchev–Trinajstić information content (AvgIpc) is 2.51. The van der Waals surface area contributed by atoms with E-state index in [0.29, 0.717) is 5.25 Å². The van der Waals surface area contributed by atoms with Gasteiger partial charge in [0, 0.05) is 11.3 Å². The van der Waals surface area contributed by atoms with E-state index in [9.17, 15) is 13.6 Å². The Morgan fingerprint density at radius 2 is 2.23 bits per heavy atom. The molecule has 1 fully saturated rings. The molecule has 0 bridgehead atoms. The highest BCUT2D eigenvalue weighted by Gasteiger charge is 2.29. The van der Waals surface area contributed by atoms with E-state index in [2.05, 4.69) is 5.32 Å². The zero-order valence-corrected chi connectivity index (χ0v) is 8.24. The van der Waals surface area contributed by atoms with Crippen LogP contribution in [0.2, 0.25) is 0 Å². The number of alkyl halides is 2. The van der Waals surface area contributed by atoms with E-state index in [1.807, 2.05) is 6.26 Å². The number of rotatable bonds is 3. The first kappa shape index (κ1) is 10.8. The smallest absolute Gasteiger partial charge is 0.315 e. The standard InChI is InChI=1S/C8H13F2NOS/c1-13-6-4-2-3-5(6)11-8(12)7(9)10/h5-7H,2-4H2,1H3,(H,11,12). The van der Waals surface area contributed by atoms with E-state index in [0.717, 1.165) is 19.3 Å². The Labute approximate surface area is 80.5 Å². The van der Waals surface area contributed by atoms with Crippen molar-refractivity contribution >= 4 is 17.7 Å². The fourth-order valence-electron chi connectivity index (χ4n) is 1.62. The number of amides is 1. The molecular weight excluding hydrogens is 196 g/mol. The first-order chi connectivity index (χ1) is 6.15. The van der Waals surface area contributed by atoms with Gasteiger partial charge in [-0.1, -0.05) is 6.42 Å². The highest BCUT2D eigenvalue weighted by molar-refractivity contribution is 7.99. The van der Waals surface area contributed by atoms with E-state index in [4.69, 9.17) is 0 Å². The van der Waals surface area contributed by atoms with Gasteiger partial charge in [0.1, 0.15) is 0 Å². The summed E-state index contributed by atoms with van der Waals surface area (Å²) in [4.78, 5) is 10.7. The first-order valence-corrected chi connectivity index (χ1v) is 5.55. The first-order valence-electron chi connectivity index (χ1n) is 4.26. The number of hydrogen-bond acceptors (Lipinski definition) is 2. The Morgan fingerprint density at radius 3 is 2.77 bits per heavy atom. The number of halogens is 2. The maximum absolute atomic E-state index is 11.9. The average molecular weight is 209 g/mol. The van der Waals surface area contributed by atoms with Crippen LogP contribution in [0, 0.1) is 0 Å². The van der Waals surface area contributed by atoms with Gasteiger partial charge in [-0.3, -0.25) is 4.79 Å². The summed E-state index contributed by atoms with van der Waals surface area (Å²) >= 11 is 1.63. The van der Waals surface area contributed by atoms with Crippen LogP contribution in [0.4, 0.5) is 8.78 Å². The Balaban J connectivity index is 2.39.